The molecule has 0 heterocycles. The zero-order valence-corrected chi connectivity index (χ0v) is 57.9. The molecule has 9 aromatic rings. The Bertz CT molecular complexity index is 4360. The van der Waals surface area contributed by atoms with Gasteiger partial charge in [0.2, 0.25) is 0 Å². The maximum Gasteiger partial charge on any atom is 0.157 e. The fourth-order valence-electron chi connectivity index (χ4n) is 14.3. The van der Waals surface area contributed by atoms with Gasteiger partial charge in [0.15, 0.2) is 15.2 Å². The van der Waals surface area contributed by atoms with Crippen LogP contribution in [0.3, 0.4) is 0 Å². The largest absolute Gasteiger partial charge is 0.483 e. The van der Waals surface area contributed by atoms with Crippen LogP contribution in [0.2, 0.25) is 19.6 Å². The molecule has 0 spiro atoms. The van der Waals surface area contributed by atoms with Crippen molar-refractivity contribution in [2.45, 2.75) is 120 Å². The normalized spacial score (nSPS) is 18.8. The summed E-state index contributed by atoms with van der Waals surface area (Å²) >= 11 is 15.4. The predicted molar refractivity (Wildman–Crippen MR) is 400 cm³/mol. The maximum atomic E-state index is 5.59. The van der Waals surface area contributed by atoms with Crippen molar-refractivity contribution in [3.63, 3.8) is 0 Å². The average Bonchev–Trinajstić information content (AvgIpc) is 0.667. The van der Waals surface area contributed by atoms with Crippen LogP contribution in [0.15, 0.2) is 229 Å². The van der Waals surface area contributed by atoms with Gasteiger partial charge in [-0.3, -0.25) is 0 Å². The van der Waals surface area contributed by atoms with E-state index in [1.54, 1.807) is 20.8 Å². The molecule has 5 nitrogen and oxygen atoms in total. The van der Waals surface area contributed by atoms with E-state index in [9.17, 15) is 0 Å². The number of hydrogen-bond acceptors (Lipinski definition) is 8. The first kappa shape index (κ1) is 65.3. The molecule has 0 amide bonds. The van der Waals surface area contributed by atoms with Crippen LogP contribution in [0.5, 0.6) is 0 Å². The summed E-state index contributed by atoms with van der Waals surface area (Å²) in [4.78, 5) is 0. The van der Waals surface area contributed by atoms with Gasteiger partial charge in [0.25, 0.3) is 0 Å². The summed E-state index contributed by atoms with van der Waals surface area (Å²) in [7, 11) is -1.46. The number of azo groups is 1. The molecule has 0 aromatic heterocycles. The van der Waals surface area contributed by atoms with Crippen molar-refractivity contribution >= 4 is 71.3 Å². The Balaban J connectivity index is 0.885. The third kappa shape index (κ3) is 16.4. The third-order valence-corrected chi connectivity index (χ3v) is 19.5. The summed E-state index contributed by atoms with van der Waals surface area (Å²) < 4.78 is 16.8. The lowest BCUT2D eigenvalue weighted by atomic mass is 9.32. The van der Waals surface area contributed by atoms with Crippen LogP contribution in [0.4, 0.5) is 11.4 Å². The average molecular weight is 1310 g/mol. The van der Waals surface area contributed by atoms with Crippen LogP contribution in [-0.2, 0) is 55.7 Å². The fraction of sp³-hybridized carbons (Fsp3) is 0.221. The van der Waals surface area contributed by atoms with E-state index in [1.165, 1.54) is 22.3 Å². The molecule has 0 saturated heterocycles. The highest BCUT2D eigenvalue weighted by Gasteiger charge is 2.69. The molecule has 4 aliphatic rings. The van der Waals surface area contributed by atoms with Gasteiger partial charge >= 0.3 is 0 Å². The van der Waals surface area contributed by atoms with Crippen LogP contribution < -0.4 is 0 Å². The number of rotatable bonds is 12. The van der Waals surface area contributed by atoms with E-state index in [-0.39, 0.29) is 21.7 Å². The fourth-order valence-corrected chi connectivity index (χ4v) is 15.0. The zero-order valence-electron chi connectivity index (χ0n) is 54.5. The standard InChI is InChI=1S/C86H72N2O3S3Si/c1-62(92)89-53-74-21-15-65(16-22-74)7-10-68-27-39-77(40-28-68)83-56-84(78-41-29-69(30-42-78)11-8-66-17-23-75(24-18-66)54-90-63(2)93)58-85(57-83,79-43-31-70(32-44-79)12-9-67-19-25-76(26-20-67)55-91-64(3)94)61-86(59-83,60-84)80-45-33-71(34-46-80)13-14-72-35-47-81(48-36-72)87-88-82-49-37-73(38-50-82)51-52-95(4,5)6/h15-50H,53-61H2,1-6H3. The lowest BCUT2D eigenvalue weighted by Crippen LogP contribution is -2.67. The molecular formula is C86H72N2O3S3Si. The van der Waals surface area contributed by atoms with Crippen molar-refractivity contribution < 1.29 is 14.2 Å². The van der Waals surface area contributed by atoms with E-state index < -0.39 is 8.07 Å². The molecule has 0 aliphatic heterocycles. The van der Waals surface area contributed by atoms with Gasteiger partial charge in [-0.15, -0.1) is 5.54 Å². The van der Waals surface area contributed by atoms with Crippen LogP contribution >= 0.6 is 36.7 Å². The number of thiocarbonyl (C=S) groups is 3. The van der Waals surface area contributed by atoms with Crippen molar-refractivity contribution in [2.75, 3.05) is 0 Å². The Morgan fingerprint density at radius 1 is 0.305 bits per heavy atom. The van der Waals surface area contributed by atoms with E-state index in [1.807, 2.05) is 84.9 Å². The number of ether oxygens (including phenoxy) is 3. The van der Waals surface area contributed by atoms with Crippen LogP contribution in [-0.4, -0.2) is 23.2 Å². The zero-order chi connectivity index (χ0) is 66.1. The molecule has 4 saturated carbocycles. The molecule has 13 rings (SSSR count). The maximum absolute atomic E-state index is 5.59. The first-order chi connectivity index (χ1) is 45.9. The quantitative estimate of drug-likeness (QED) is 0.0526. The summed E-state index contributed by atoms with van der Waals surface area (Å²) in [5, 5.41) is 10.6. The van der Waals surface area contributed by atoms with E-state index in [0.717, 1.165) is 117 Å². The molecule has 4 bridgehead atoms. The van der Waals surface area contributed by atoms with Gasteiger partial charge < -0.3 is 14.2 Å². The number of hydrogen-bond donors (Lipinski definition) is 0. The van der Waals surface area contributed by atoms with E-state index in [4.69, 9.17) is 50.9 Å². The second-order valence-corrected chi connectivity index (χ2v) is 33.2. The van der Waals surface area contributed by atoms with Crippen molar-refractivity contribution in [2.24, 2.45) is 10.2 Å². The molecule has 4 fully saturated rings. The topological polar surface area (TPSA) is 52.4 Å². The van der Waals surface area contributed by atoms with Crippen LogP contribution in [0, 0.1) is 58.8 Å². The van der Waals surface area contributed by atoms with E-state index in [2.05, 4.69) is 222 Å². The number of benzene rings is 9. The Labute approximate surface area is 578 Å². The Kier molecular flexibility index (Phi) is 19.6. The molecule has 9 heteroatoms. The monoisotopic (exact) mass is 1300 g/mol. The SMILES string of the molecule is CC(=S)OCc1ccc(C#Cc2ccc(C34CC5(c6ccc(C#Cc7ccc(COC(C)=S)cc7)cc6)CC(c6ccc(C#Cc7ccc(COC(C)=S)cc7)cc6)(C3)CC(c3ccc(C#Cc6ccc(N=Nc7ccc(C#C[Si](C)(C)C)cc7)cc6)cc3)(C4)C5)cc2)cc1. The van der Waals surface area contributed by atoms with Gasteiger partial charge in [-0.2, -0.15) is 10.2 Å². The molecular weight excluding hydrogens is 1230 g/mol. The summed E-state index contributed by atoms with van der Waals surface area (Å²) in [6.45, 7) is 13.4. The lowest BCUT2D eigenvalue weighted by molar-refractivity contribution is -0.0691. The van der Waals surface area contributed by atoms with Gasteiger partial charge in [0, 0.05) is 70.8 Å². The minimum Gasteiger partial charge on any atom is -0.483 e. The molecule has 466 valence electrons. The van der Waals surface area contributed by atoms with Gasteiger partial charge in [0.1, 0.15) is 27.9 Å². The smallest absolute Gasteiger partial charge is 0.157 e. The second-order valence-electron chi connectivity index (χ2n) is 26.7. The first-order valence-electron chi connectivity index (χ1n) is 32.2. The summed E-state index contributed by atoms with van der Waals surface area (Å²) in [5.74, 6) is 31.0. The van der Waals surface area contributed by atoms with E-state index >= 15 is 0 Å². The molecule has 0 unspecified atom stereocenters. The van der Waals surface area contributed by atoms with Gasteiger partial charge in [-0.1, -0.05) is 158 Å². The third-order valence-electron chi connectivity index (χ3n) is 18.2. The first-order valence-corrected chi connectivity index (χ1v) is 36.9. The highest BCUT2D eigenvalue weighted by molar-refractivity contribution is 7.80. The van der Waals surface area contributed by atoms with Crippen molar-refractivity contribution in [3.8, 4) is 58.8 Å². The Hall–Kier alpha value is -9.73. The molecule has 9 aromatic carbocycles. The van der Waals surface area contributed by atoms with Crippen molar-refractivity contribution in [1.82, 2.24) is 0 Å². The minimum absolute atomic E-state index is 0.189. The molecule has 0 radical (unpaired) electrons. The molecule has 95 heavy (non-hydrogen) atoms. The van der Waals surface area contributed by atoms with E-state index in [0.29, 0.717) is 35.0 Å². The number of nitrogens with zero attached hydrogens (tertiary/aromatic N) is 2. The lowest BCUT2D eigenvalue weighted by Gasteiger charge is -2.71. The summed E-state index contributed by atoms with van der Waals surface area (Å²) in [6.07, 6.45) is 6.09. The van der Waals surface area contributed by atoms with Gasteiger partial charge in [-0.25, -0.2) is 0 Å². The predicted octanol–water partition coefficient (Wildman–Crippen LogP) is 20.0. The van der Waals surface area contributed by atoms with Crippen LogP contribution in [0.25, 0.3) is 0 Å². The van der Waals surface area contributed by atoms with Crippen LogP contribution in [0.1, 0.15) is 148 Å². The highest BCUT2D eigenvalue weighted by atomic mass is 32.1. The minimum atomic E-state index is -1.46. The Morgan fingerprint density at radius 2 is 0.495 bits per heavy atom. The van der Waals surface area contributed by atoms with Crippen molar-refractivity contribution in [1.29, 1.82) is 0 Å². The van der Waals surface area contributed by atoms with Gasteiger partial charge in [-0.05, 0) is 269 Å². The summed E-state index contributed by atoms with van der Waals surface area (Å²) in [5.41, 5.74) is 21.4. The molecule has 4 aliphatic carbocycles. The highest BCUT2D eigenvalue weighted by Crippen LogP contribution is 2.75. The van der Waals surface area contributed by atoms with Gasteiger partial charge in [0.05, 0.1) is 11.4 Å². The molecule has 0 N–H and O–H groups in total. The second kappa shape index (κ2) is 28.5. The van der Waals surface area contributed by atoms with Crippen molar-refractivity contribution in [3.05, 3.63) is 307 Å². The summed E-state index contributed by atoms with van der Waals surface area (Å²) in [6, 6.07) is 77.4. The molecule has 0 atom stereocenters. The Morgan fingerprint density at radius 3 is 0.695 bits per heavy atom.